The van der Waals surface area contributed by atoms with Gasteiger partial charge in [0.05, 0.1) is 4.90 Å². The Morgan fingerprint density at radius 2 is 1.76 bits per heavy atom. The van der Waals surface area contributed by atoms with Crippen molar-refractivity contribution in [2.24, 2.45) is 0 Å². The molecule has 0 amide bonds. The summed E-state index contributed by atoms with van der Waals surface area (Å²) in [6, 6.07) is 4.13. The number of rotatable bonds is 7. The molecule has 0 saturated carbocycles. The van der Waals surface area contributed by atoms with E-state index in [1.807, 2.05) is 33.8 Å². The first-order chi connectivity index (χ1) is 9.67. The number of aryl methyl sites for hydroxylation is 1. The molecule has 21 heavy (non-hydrogen) atoms. The van der Waals surface area contributed by atoms with Crippen LogP contribution in [0, 0.1) is 13.8 Å². The molecule has 120 valence electrons. The maximum absolute atomic E-state index is 12.5. The Morgan fingerprint density at radius 3 is 2.29 bits per heavy atom. The number of hydrogen-bond acceptors (Lipinski definition) is 3. The van der Waals surface area contributed by atoms with Gasteiger partial charge >= 0.3 is 0 Å². The second kappa shape index (κ2) is 7.38. The SMILES string of the molecule is CCC(C)NS(=O)(=O)c1cc(CNC(C)C)cc(C)c1C. The molecule has 2 N–H and O–H groups in total. The molecule has 0 bridgehead atoms. The van der Waals surface area contributed by atoms with Crippen molar-refractivity contribution in [1.29, 1.82) is 0 Å². The lowest BCUT2D eigenvalue weighted by molar-refractivity contribution is 0.554. The predicted octanol–water partition coefficient (Wildman–Crippen LogP) is 2.88. The summed E-state index contributed by atoms with van der Waals surface area (Å²) in [5.74, 6) is 0. The zero-order chi connectivity index (χ0) is 16.2. The van der Waals surface area contributed by atoms with Crippen molar-refractivity contribution in [2.45, 2.75) is 71.5 Å². The lowest BCUT2D eigenvalue weighted by atomic mass is 10.1. The van der Waals surface area contributed by atoms with Crippen molar-refractivity contribution in [3.05, 3.63) is 28.8 Å². The van der Waals surface area contributed by atoms with Gasteiger partial charge in [0.1, 0.15) is 0 Å². The van der Waals surface area contributed by atoms with Gasteiger partial charge in [-0.05, 0) is 49.9 Å². The van der Waals surface area contributed by atoms with Gasteiger partial charge in [-0.3, -0.25) is 0 Å². The van der Waals surface area contributed by atoms with E-state index < -0.39 is 10.0 Å². The molecule has 5 heteroatoms. The molecule has 1 atom stereocenters. The summed E-state index contributed by atoms with van der Waals surface area (Å²) in [6.45, 7) is 12.5. The van der Waals surface area contributed by atoms with Crippen LogP contribution in [-0.2, 0) is 16.6 Å². The number of nitrogens with one attached hydrogen (secondary N) is 2. The molecule has 0 aliphatic carbocycles. The molecule has 1 rings (SSSR count). The molecule has 0 radical (unpaired) electrons. The molecule has 4 nitrogen and oxygen atoms in total. The molecule has 0 aliphatic rings. The van der Waals surface area contributed by atoms with Crippen molar-refractivity contribution in [3.8, 4) is 0 Å². The second-order valence-corrected chi connectivity index (χ2v) is 7.68. The van der Waals surface area contributed by atoms with Gasteiger partial charge in [0.25, 0.3) is 0 Å². The largest absolute Gasteiger partial charge is 0.310 e. The third-order valence-corrected chi connectivity index (χ3v) is 5.37. The summed E-state index contributed by atoms with van der Waals surface area (Å²) in [6.07, 6.45) is 0.770. The average Bonchev–Trinajstić information content (AvgIpc) is 2.38. The first kappa shape index (κ1) is 18.1. The van der Waals surface area contributed by atoms with Crippen molar-refractivity contribution in [3.63, 3.8) is 0 Å². The Bertz CT molecular complexity index is 580. The van der Waals surface area contributed by atoms with E-state index in [9.17, 15) is 8.42 Å². The van der Waals surface area contributed by atoms with E-state index in [0.29, 0.717) is 17.5 Å². The zero-order valence-corrected chi connectivity index (χ0v) is 14.8. The van der Waals surface area contributed by atoms with E-state index in [0.717, 1.165) is 23.1 Å². The highest BCUT2D eigenvalue weighted by Crippen LogP contribution is 2.21. The Morgan fingerprint density at radius 1 is 1.14 bits per heavy atom. The maximum Gasteiger partial charge on any atom is 0.241 e. The van der Waals surface area contributed by atoms with Crippen LogP contribution in [0.5, 0.6) is 0 Å². The van der Waals surface area contributed by atoms with Crippen molar-refractivity contribution in [1.82, 2.24) is 10.0 Å². The third-order valence-electron chi connectivity index (χ3n) is 3.65. The molecule has 0 spiro atoms. The second-order valence-electron chi connectivity index (χ2n) is 6.00. The van der Waals surface area contributed by atoms with Gasteiger partial charge in [-0.25, -0.2) is 13.1 Å². The minimum atomic E-state index is -3.46. The van der Waals surface area contributed by atoms with Crippen LogP contribution in [0.25, 0.3) is 0 Å². The summed E-state index contributed by atoms with van der Waals surface area (Å²) in [5, 5.41) is 3.32. The van der Waals surface area contributed by atoms with Crippen LogP contribution in [0.4, 0.5) is 0 Å². The fraction of sp³-hybridized carbons (Fsp3) is 0.625. The van der Waals surface area contributed by atoms with E-state index in [-0.39, 0.29) is 6.04 Å². The average molecular weight is 312 g/mol. The predicted molar refractivity (Wildman–Crippen MR) is 88.0 cm³/mol. The highest BCUT2D eigenvalue weighted by molar-refractivity contribution is 7.89. The molecule has 0 saturated heterocycles. The molecule has 0 heterocycles. The molecule has 1 aromatic carbocycles. The standard InChI is InChI=1S/C16H28N2O2S/c1-7-13(5)18-21(19,20)16-9-15(10-17-11(2)3)8-12(4)14(16)6/h8-9,11,13,17-18H,7,10H2,1-6H3. The van der Waals surface area contributed by atoms with Crippen LogP contribution in [0.3, 0.4) is 0 Å². The van der Waals surface area contributed by atoms with Gasteiger partial charge in [0, 0.05) is 18.6 Å². The topological polar surface area (TPSA) is 58.2 Å². The summed E-state index contributed by atoms with van der Waals surface area (Å²) >= 11 is 0. The van der Waals surface area contributed by atoms with Gasteiger partial charge in [-0.15, -0.1) is 0 Å². The van der Waals surface area contributed by atoms with Crippen molar-refractivity contribution >= 4 is 10.0 Å². The van der Waals surface area contributed by atoms with E-state index in [4.69, 9.17) is 0 Å². The fourth-order valence-electron chi connectivity index (χ4n) is 2.01. The van der Waals surface area contributed by atoms with E-state index in [1.165, 1.54) is 0 Å². The normalized spacial score (nSPS) is 13.7. The number of hydrogen-bond donors (Lipinski definition) is 2. The number of sulfonamides is 1. The minimum Gasteiger partial charge on any atom is -0.310 e. The van der Waals surface area contributed by atoms with Crippen LogP contribution in [0.2, 0.25) is 0 Å². The van der Waals surface area contributed by atoms with Gasteiger partial charge in [-0.1, -0.05) is 26.8 Å². The first-order valence-corrected chi connectivity index (χ1v) is 9.01. The number of benzene rings is 1. The Balaban J connectivity index is 3.16. The van der Waals surface area contributed by atoms with E-state index >= 15 is 0 Å². The van der Waals surface area contributed by atoms with Crippen LogP contribution in [0.1, 0.15) is 50.8 Å². The Kier molecular flexibility index (Phi) is 6.38. The third kappa shape index (κ3) is 5.09. The smallest absolute Gasteiger partial charge is 0.241 e. The first-order valence-electron chi connectivity index (χ1n) is 7.53. The van der Waals surface area contributed by atoms with Gasteiger partial charge in [0.2, 0.25) is 10.0 Å². The van der Waals surface area contributed by atoms with Crippen molar-refractivity contribution < 1.29 is 8.42 Å². The van der Waals surface area contributed by atoms with E-state index in [1.54, 1.807) is 6.07 Å². The molecule has 0 aromatic heterocycles. The summed E-state index contributed by atoms with van der Waals surface area (Å²) < 4.78 is 27.8. The molecule has 0 aliphatic heterocycles. The summed E-state index contributed by atoms with van der Waals surface area (Å²) in [5.41, 5.74) is 2.82. The van der Waals surface area contributed by atoms with Gasteiger partial charge in [0.15, 0.2) is 0 Å². The van der Waals surface area contributed by atoms with Gasteiger partial charge < -0.3 is 5.32 Å². The quantitative estimate of drug-likeness (QED) is 0.814. The molecule has 1 unspecified atom stereocenters. The zero-order valence-electron chi connectivity index (χ0n) is 13.9. The summed E-state index contributed by atoms with van der Waals surface area (Å²) in [4.78, 5) is 0.392. The highest BCUT2D eigenvalue weighted by Gasteiger charge is 2.20. The fourth-order valence-corrected chi connectivity index (χ4v) is 3.71. The monoisotopic (exact) mass is 312 g/mol. The Labute approximate surface area is 129 Å². The lowest BCUT2D eigenvalue weighted by Gasteiger charge is -2.17. The lowest BCUT2D eigenvalue weighted by Crippen LogP contribution is -2.32. The molecule has 1 aromatic rings. The van der Waals surface area contributed by atoms with E-state index in [2.05, 4.69) is 23.9 Å². The Hall–Kier alpha value is -0.910. The minimum absolute atomic E-state index is 0.0628. The van der Waals surface area contributed by atoms with Crippen molar-refractivity contribution in [2.75, 3.05) is 0 Å². The van der Waals surface area contributed by atoms with Crippen LogP contribution in [-0.4, -0.2) is 20.5 Å². The summed E-state index contributed by atoms with van der Waals surface area (Å²) in [7, 11) is -3.46. The van der Waals surface area contributed by atoms with Crippen LogP contribution in [0.15, 0.2) is 17.0 Å². The molecular formula is C16H28N2O2S. The molecule has 0 fully saturated rings. The van der Waals surface area contributed by atoms with Crippen LogP contribution < -0.4 is 10.0 Å². The van der Waals surface area contributed by atoms with Gasteiger partial charge in [-0.2, -0.15) is 0 Å². The highest BCUT2D eigenvalue weighted by atomic mass is 32.2. The van der Waals surface area contributed by atoms with Crippen LogP contribution >= 0.6 is 0 Å². The maximum atomic E-state index is 12.5. The molecular weight excluding hydrogens is 284 g/mol.